The Hall–Kier alpha value is -2.26. The number of benzene rings is 1. The summed E-state index contributed by atoms with van der Waals surface area (Å²) in [6.45, 7) is 0.635. The predicted molar refractivity (Wildman–Crippen MR) is 93.0 cm³/mol. The van der Waals surface area contributed by atoms with E-state index in [1.54, 1.807) is 19.1 Å². The summed E-state index contributed by atoms with van der Waals surface area (Å²) in [4.78, 5) is 7.87. The van der Waals surface area contributed by atoms with Crippen molar-refractivity contribution in [1.29, 1.82) is 0 Å². The van der Waals surface area contributed by atoms with Gasteiger partial charge in [-0.2, -0.15) is 13.3 Å². The molecule has 1 N–H and O–H groups in total. The fraction of sp³-hybridized carbons (Fsp3) is 0.412. The Morgan fingerprint density at radius 2 is 2.04 bits per heavy atom. The summed E-state index contributed by atoms with van der Waals surface area (Å²) in [5.74, 6) is 0.738. The molecule has 0 spiro atoms. The molecule has 1 unspecified atom stereocenters. The highest BCUT2D eigenvalue weighted by Crippen LogP contribution is 2.41. The quantitative estimate of drug-likeness (QED) is 0.733. The van der Waals surface area contributed by atoms with Crippen LogP contribution in [0.1, 0.15) is 35.1 Å². The molecule has 1 saturated heterocycles. The van der Waals surface area contributed by atoms with Gasteiger partial charge in [-0.05, 0) is 50.6 Å². The van der Waals surface area contributed by atoms with Gasteiger partial charge in [0.1, 0.15) is 11.6 Å². The Morgan fingerprint density at radius 1 is 1.27 bits per heavy atom. The number of aryl methyl sites for hydroxylation is 1. The number of halogens is 2. The van der Waals surface area contributed by atoms with Crippen LogP contribution in [0, 0.1) is 6.92 Å². The predicted octanol–water partition coefficient (Wildman–Crippen LogP) is 3.59. The second-order valence-corrected chi connectivity index (χ2v) is 7.25. The second-order valence-electron chi connectivity index (χ2n) is 6.24. The molecule has 1 aromatic carbocycles. The van der Waals surface area contributed by atoms with E-state index in [9.17, 15) is 13.9 Å². The molecule has 1 atom stereocenters. The Morgan fingerprint density at radius 3 is 2.73 bits per heavy atom. The molecule has 0 bridgehead atoms. The number of hydrogen-bond acceptors (Lipinski definition) is 6. The third-order valence-corrected chi connectivity index (χ3v) is 5.53. The summed E-state index contributed by atoms with van der Waals surface area (Å²) in [5, 5.41) is 14.9. The van der Waals surface area contributed by atoms with E-state index in [1.165, 1.54) is 21.9 Å². The fourth-order valence-electron chi connectivity index (χ4n) is 3.41. The van der Waals surface area contributed by atoms with E-state index in [0.29, 0.717) is 15.7 Å². The Kier molecular flexibility index (Phi) is 4.49. The van der Waals surface area contributed by atoms with Crippen LogP contribution in [0.2, 0.25) is 0 Å². The summed E-state index contributed by atoms with van der Waals surface area (Å²) in [5.41, 5.74) is 0.793. The molecule has 0 saturated carbocycles. The standard InChI is InChI=1S/C17H18F2N4O2S/c1-10-20-17-23(21-10)15(24)14(26-17)13(22-7-2-3-8-22)11-5-4-6-12(9-11)25-16(18)19/h4-6,9,13,16,24H,2-3,7-8H2,1H3. The molecular weight excluding hydrogens is 362 g/mol. The zero-order valence-corrected chi connectivity index (χ0v) is 14.9. The maximum absolute atomic E-state index is 12.6. The van der Waals surface area contributed by atoms with E-state index < -0.39 is 6.61 Å². The van der Waals surface area contributed by atoms with Gasteiger partial charge in [0, 0.05) is 0 Å². The molecular formula is C17H18F2N4O2S. The molecule has 0 radical (unpaired) electrons. The van der Waals surface area contributed by atoms with Crippen LogP contribution in [0.15, 0.2) is 24.3 Å². The van der Waals surface area contributed by atoms with E-state index in [-0.39, 0.29) is 17.7 Å². The SMILES string of the molecule is Cc1nc2sc(C(c3cccc(OC(F)F)c3)N3CCCC3)c(O)n2n1. The van der Waals surface area contributed by atoms with Crippen molar-refractivity contribution < 1.29 is 18.6 Å². The number of fused-ring (bicyclic) bond motifs is 1. The van der Waals surface area contributed by atoms with Crippen LogP contribution >= 0.6 is 11.3 Å². The van der Waals surface area contributed by atoms with Crippen LogP contribution in [0.5, 0.6) is 11.6 Å². The zero-order valence-electron chi connectivity index (χ0n) is 14.1. The maximum atomic E-state index is 12.6. The van der Waals surface area contributed by atoms with Crippen molar-refractivity contribution in [2.75, 3.05) is 13.1 Å². The number of ether oxygens (including phenoxy) is 1. The van der Waals surface area contributed by atoms with Crippen molar-refractivity contribution in [3.05, 3.63) is 40.5 Å². The lowest BCUT2D eigenvalue weighted by Crippen LogP contribution is -2.26. The van der Waals surface area contributed by atoms with Gasteiger partial charge in [0.25, 0.3) is 0 Å². The average molecular weight is 380 g/mol. The molecule has 138 valence electrons. The average Bonchev–Trinajstić information content (AvgIpc) is 3.28. The fourth-order valence-corrected chi connectivity index (χ4v) is 4.58. The molecule has 2 aromatic heterocycles. The zero-order chi connectivity index (χ0) is 18.3. The van der Waals surface area contributed by atoms with Crippen LogP contribution in [0.4, 0.5) is 8.78 Å². The van der Waals surface area contributed by atoms with Crippen molar-refractivity contribution in [2.45, 2.75) is 32.4 Å². The maximum Gasteiger partial charge on any atom is 0.387 e. The second kappa shape index (κ2) is 6.81. The van der Waals surface area contributed by atoms with Crippen LogP contribution < -0.4 is 4.74 Å². The number of aromatic nitrogens is 3. The Balaban J connectivity index is 1.79. The van der Waals surface area contributed by atoms with E-state index in [2.05, 4.69) is 19.7 Å². The van der Waals surface area contributed by atoms with Crippen molar-refractivity contribution in [2.24, 2.45) is 0 Å². The topological polar surface area (TPSA) is 62.9 Å². The molecule has 0 aliphatic carbocycles. The summed E-state index contributed by atoms with van der Waals surface area (Å²) < 4.78 is 31.2. The number of rotatable bonds is 5. The van der Waals surface area contributed by atoms with Gasteiger partial charge >= 0.3 is 6.61 Å². The molecule has 3 heterocycles. The Bertz CT molecular complexity index is 921. The van der Waals surface area contributed by atoms with Crippen LogP contribution in [0.25, 0.3) is 4.96 Å². The van der Waals surface area contributed by atoms with E-state index >= 15 is 0 Å². The number of aromatic hydroxyl groups is 1. The summed E-state index contributed by atoms with van der Waals surface area (Å²) in [7, 11) is 0. The minimum absolute atomic E-state index is 0.0441. The molecule has 3 aromatic rings. The molecule has 1 aliphatic rings. The van der Waals surface area contributed by atoms with Gasteiger partial charge in [-0.1, -0.05) is 23.5 Å². The van der Waals surface area contributed by atoms with Gasteiger partial charge in [0.2, 0.25) is 10.8 Å². The van der Waals surface area contributed by atoms with Gasteiger partial charge in [0.15, 0.2) is 0 Å². The van der Waals surface area contributed by atoms with E-state index in [0.717, 1.165) is 31.5 Å². The molecule has 26 heavy (non-hydrogen) atoms. The first kappa shape index (κ1) is 17.2. The third-order valence-electron chi connectivity index (χ3n) is 4.46. The lowest BCUT2D eigenvalue weighted by molar-refractivity contribution is -0.0499. The summed E-state index contributed by atoms with van der Waals surface area (Å²) >= 11 is 1.36. The summed E-state index contributed by atoms with van der Waals surface area (Å²) in [6, 6.07) is 6.40. The van der Waals surface area contributed by atoms with Crippen LogP contribution in [0.3, 0.4) is 0 Å². The molecule has 6 nitrogen and oxygen atoms in total. The first-order valence-electron chi connectivity index (χ1n) is 8.37. The van der Waals surface area contributed by atoms with Crippen LogP contribution in [-0.4, -0.2) is 44.3 Å². The number of nitrogens with zero attached hydrogens (tertiary/aromatic N) is 4. The van der Waals surface area contributed by atoms with Crippen molar-refractivity contribution >= 4 is 16.3 Å². The smallest absolute Gasteiger partial charge is 0.387 e. The molecule has 1 fully saturated rings. The third kappa shape index (κ3) is 3.12. The molecule has 1 aliphatic heterocycles. The van der Waals surface area contributed by atoms with Gasteiger partial charge in [-0.3, -0.25) is 4.90 Å². The van der Waals surface area contributed by atoms with Gasteiger partial charge < -0.3 is 9.84 Å². The number of likely N-dealkylation sites (tertiary alicyclic amines) is 1. The summed E-state index contributed by atoms with van der Waals surface area (Å²) in [6.07, 6.45) is 2.12. The highest BCUT2D eigenvalue weighted by atomic mass is 32.1. The monoisotopic (exact) mass is 380 g/mol. The first-order valence-corrected chi connectivity index (χ1v) is 9.18. The lowest BCUT2D eigenvalue weighted by Gasteiger charge is -2.27. The number of alkyl halides is 2. The number of thiazole rings is 1. The van der Waals surface area contributed by atoms with Crippen molar-refractivity contribution in [1.82, 2.24) is 19.5 Å². The normalized spacial score (nSPS) is 16.6. The van der Waals surface area contributed by atoms with Crippen molar-refractivity contribution in [3.63, 3.8) is 0 Å². The van der Waals surface area contributed by atoms with Gasteiger partial charge in [0.05, 0.1) is 10.9 Å². The van der Waals surface area contributed by atoms with Crippen LogP contribution in [-0.2, 0) is 0 Å². The molecule has 0 amide bonds. The Labute approximate surface area is 152 Å². The van der Waals surface area contributed by atoms with E-state index in [4.69, 9.17) is 0 Å². The molecule has 9 heteroatoms. The first-order chi connectivity index (χ1) is 12.5. The molecule has 4 rings (SSSR count). The highest BCUT2D eigenvalue weighted by molar-refractivity contribution is 7.17. The van der Waals surface area contributed by atoms with Gasteiger partial charge in [-0.15, -0.1) is 5.10 Å². The van der Waals surface area contributed by atoms with E-state index in [1.807, 2.05) is 6.07 Å². The van der Waals surface area contributed by atoms with Crippen molar-refractivity contribution in [3.8, 4) is 11.6 Å². The lowest BCUT2D eigenvalue weighted by atomic mass is 10.0. The minimum Gasteiger partial charge on any atom is -0.492 e. The number of hydrogen-bond donors (Lipinski definition) is 1. The largest absolute Gasteiger partial charge is 0.492 e. The van der Waals surface area contributed by atoms with Gasteiger partial charge in [-0.25, -0.2) is 4.98 Å². The highest BCUT2D eigenvalue weighted by Gasteiger charge is 2.31. The minimum atomic E-state index is -2.87.